The fourth-order valence-corrected chi connectivity index (χ4v) is 4.46. The first kappa shape index (κ1) is 15.2. The van der Waals surface area contributed by atoms with Gasteiger partial charge in [-0.1, -0.05) is 17.7 Å². The summed E-state index contributed by atoms with van der Waals surface area (Å²) in [5, 5.41) is 0. The third kappa shape index (κ3) is 2.90. The van der Waals surface area contributed by atoms with E-state index in [-0.39, 0.29) is 5.41 Å². The molecule has 0 aromatic heterocycles. The SMILES string of the molecule is Cc1ccc(N2CC3(CCN(C4CCOCC4)C3)CC2=O)cc1. The van der Waals surface area contributed by atoms with Crippen molar-refractivity contribution in [3.63, 3.8) is 0 Å². The Labute approximate surface area is 138 Å². The minimum atomic E-state index is 0.167. The van der Waals surface area contributed by atoms with E-state index in [1.807, 2.05) is 4.90 Å². The first-order valence-electron chi connectivity index (χ1n) is 8.84. The van der Waals surface area contributed by atoms with Crippen LogP contribution in [0.2, 0.25) is 0 Å². The number of benzene rings is 1. The van der Waals surface area contributed by atoms with E-state index >= 15 is 0 Å². The van der Waals surface area contributed by atoms with Crippen molar-refractivity contribution in [2.24, 2.45) is 5.41 Å². The van der Waals surface area contributed by atoms with E-state index in [4.69, 9.17) is 4.74 Å². The first-order valence-corrected chi connectivity index (χ1v) is 8.84. The van der Waals surface area contributed by atoms with Crippen molar-refractivity contribution in [1.29, 1.82) is 0 Å². The molecule has 0 bridgehead atoms. The maximum Gasteiger partial charge on any atom is 0.227 e. The van der Waals surface area contributed by atoms with Crippen molar-refractivity contribution < 1.29 is 9.53 Å². The van der Waals surface area contributed by atoms with E-state index in [2.05, 4.69) is 36.1 Å². The lowest BCUT2D eigenvalue weighted by atomic mass is 9.86. The molecule has 3 aliphatic rings. The summed E-state index contributed by atoms with van der Waals surface area (Å²) in [6.45, 7) is 6.96. The summed E-state index contributed by atoms with van der Waals surface area (Å²) in [5.74, 6) is 0.294. The molecule has 23 heavy (non-hydrogen) atoms. The van der Waals surface area contributed by atoms with Crippen LogP contribution >= 0.6 is 0 Å². The maximum absolute atomic E-state index is 12.6. The highest BCUT2D eigenvalue weighted by molar-refractivity contribution is 5.96. The molecule has 1 unspecified atom stereocenters. The molecular formula is C19H26N2O2. The van der Waals surface area contributed by atoms with Crippen LogP contribution in [0.4, 0.5) is 5.69 Å². The van der Waals surface area contributed by atoms with Gasteiger partial charge in [-0.2, -0.15) is 0 Å². The van der Waals surface area contributed by atoms with Crippen LogP contribution in [0, 0.1) is 12.3 Å². The van der Waals surface area contributed by atoms with Crippen molar-refractivity contribution in [1.82, 2.24) is 4.90 Å². The molecule has 3 aliphatic heterocycles. The fraction of sp³-hybridized carbons (Fsp3) is 0.632. The van der Waals surface area contributed by atoms with E-state index in [0.717, 1.165) is 57.8 Å². The zero-order valence-corrected chi connectivity index (χ0v) is 14.0. The normalized spacial score (nSPS) is 29.8. The Morgan fingerprint density at radius 1 is 1.13 bits per heavy atom. The number of anilines is 1. The first-order chi connectivity index (χ1) is 11.2. The summed E-state index contributed by atoms with van der Waals surface area (Å²) >= 11 is 0. The summed E-state index contributed by atoms with van der Waals surface area (Å²) < 4.78 is 5.49. The van der Waals surface area contributed by atoms with Gasteiger partial charge < -0.3 is 9.64 Å². The molecule has 4 heteroatoms. The van der Waals surface area contributed by atoms with E-state index < -0.39 is 0 Å². The predicted molar refractivity (Wildman–Crippen MR) is 90.6 cm³/mol. The highest BCUT2D eigenvalue weighted by Gasteiger charge is 2.48. The second-order valence-electron chi connectivity index (χ2n) is 7.56. The van der Waals surface area contributed by atoms with Crippen molar-refractivity contribution in [2.75, 3.05) is 37.7 Å². The number of rotatable bonds is 2. The van der Waals surface area contributed by atoms with Gasteiger partial charge in [0.15, 0.2) is 0 Å². The molecule has 0 aliphatic carbocycles. The van der Waals surface area contributed by atoms with Crippen LogP contribution in [0.5, 0.6) is 0 Å². The van der Waals surface area contributed by atoms with Crippen LogP contribution in [0.15, 0.2) is 24.3 Å². The minimum Gasteiger partial charge on any atom is -0.381 e. The molecule has 0 radical (unpaired) electrons. The van der Waals surface area contributed by atoms with Crippen molar-refractivity contribution in [3.8, 4) is 0 Å². The monoisotopic (exact) mass is 314 g/mol. The topological polar surface area (TPSA) is 32.8 Å². The van der Waals surface area contributed by atoms with Gasteiger partial charge in [0.1, 0.15) is 0 Å². The molecule has 1 aromatic carbocycles. The van der Waals surface area contributed by atoms with E-state index in [1.165, 1.54) is 5.56 Å². The molecule has 3 fully saturated rings. The average molecular weight is 314 g/mol. The highest BCUT2D eigenvalue weighted by Crippen LogP contribution is 2.43. The molecule has 1 spiro atoms. The summed E-state index contributed by atoms with van der Waals surface area (Å²) in [6.07, 6.45) is 4.15. The third-order valence-electron chi connectivity index (χ3n) is 5.84. The van der Waals surface area contributed by atoms with Gasteiger partial charge in [-0.25, -0.2) is 0 Å². The summed E-state index contributed by atoms with van der Waals surface area (Å²) in [5.41, 5.74) is 2.46. The highest BCUT2D eigenvalue weighted by atomic mass is 16.5. The molecule has 0 saturated carbocycles. The van der Waals surface area contributed by atoms with Gasteiger partial charge in [-0.05, 0) is 44.9 Å². The number of amides is 1. The molecule has 3 heterocycles. The fourth-order valence-electron chi connectivity index (χ4n) is 4.46. The Hall–Kier alpha value is -1.39. The number of hydrogen-bond donors (Lipinski definition) is 0. The Kier molecular flexibility index (Phi) is 3.90. The van der Waals surface area contributed by atoms with Gasteiger partial charge in [-0.3, -0.25) is 9.69 Å². The van der Waals surface area contributed by atoms with E-state index in [0.29, 0.717) is 18.4 Å². The zero-order valence-electron chi connectivity index (χ0n) is 14.0. The van der Waals surface area contributed by atoms with Gasteiger partial charge in [0, 0.05) is 49.9 Å². The van der Waals surface area contributed by atoms with Crippen LogP contribution in [0.1, 0.15) is 31.2 Å². The standard InChI is InChI=1S/C19H26N2O2/c1-15-2-4-17(5-3-15)21-14-19(12-18(21)22)8-9-20(13-19)16-6-10-23-11-7-16/h2-5,16H,6-14H2,1H3. The summed E-state index contributed by atoms with van der Waals surface area (Å²) in [7, 11) is 0. The second-order valence-corrected chi connectivity index (χ2v) is 7.56. The zero-order chi connectivity index (χ0) is 15.9. The predicted octanol–water partition coefficient (Wildman–Crippen LogP) is 2.60. The van der Waals surface area contributed by atoms with Crippen LogP contribution in [0.3, 0.4) is 0 Å². The number of aryl methyl sites for hydroxylation is 1. The van der Waals surface area contributed by atoms with Gasteiger partial charge in [0.25, 0.3) is 0 Å². The number of carbonyl (C=O) groups is 1. The van der Waals surface area contributed by atoms with Crippen LogP contribution in [-0.4, -0.2) is 49.7 Å². The molecule has 0 N–H and O–H groups in total. The van der Waals surface area contributed by atoms with Gasteiger partial charge in [-0.15, -0.1) is 0 Å². The molecule has 4 rings (SSSR count). The number of ether oxygens (including phenoxy) is 1. The Balaban J connectivity index is 1.46. The van der Waals surface area contributed by atoms with Crippen LogP contribution in [-0.2, 0) is 9.53 Å². The minimum absolute atomic E-state index is 0.167. The van der Waals surface area contributed by atoms with Crippen molar-refractivity contribution in [3.05, 3.63) is 29.8 Å². The quantitative estimate of drug-likeness (QED) is 0.841. The lowest BCUT2D eigenvalue weighted by Crippen LogP contribution is -2.40. The molecule has 124 valence electrons. The maximum atomic E-state index is 12.6. The number of carbonyl (C=O) groups excluding carboxylic acids is 1. The Morgan fingerprint density at radius 2 is 1.87 bits per heavy atom. The summed E-state index contributed by atoms with van der Waals surface area (Å²) in [6, 6.07) is 9.01. The largest absolute Gasteiger partial charge is 0.381 e. The van der Waals surface area contributed by atoms with Gasteiger partial charge in [0.05, 0.1) is 0 Å². The number of nitrogens with zero attached hydrogens (tertiary/aromatic N) is 2. The van der Waals surface area contributed by atoms with Gasteiger partial charge >= 0.3 is 0 Å². The Bertz CT molecular complexity index is 580. The molecule has 1 aromatic rings. The average Bonchev–Trinajstić information content (AvgIpc) is 3.13. The van der Waals surface area contributed by atoms with E-state index in [1.54, 1.807) is 0 Å². The van der Waals surface area contributed by atoms with Gasteiger partial charge in [0.2, 0.25) is 5.91 Å². The number of hydrogen-bond acceptors (Lipinski definition) is 3. The lowest BCUT2D eigenvalue weighted by molar-refractivity contribution is -0.117. The molecule has 1 atom stereocenters. The van der Waals surface area contributed by atoms with Crippen molar-refractivity contribution >= 4 is 11.6 Å². The molecule has 3 saturated heterocycles. The van der Waals surface area contributed by atoms with Crippen LogP contribution < -0.4 is 4.90 Å². The lowest BCUT2D eigenvalue weighted by Gasteiger charge is -2.32. The molecule has 1 amide bonds. The summed E-state index contributed by atoms with van der Waals surface area (Å²) in [4.78, 5) is 17.2. The smallest absolute Gasteiger partial charge is 0.227 e. The second kappa shape index (κ2) is 5.91. The number of likely N-dealkylation sites (tertiary alicyclic amines) is 1. The molecule has 4 nitrogen and oxygen atoms in total. The van der Waals surface area contributed by atoms with Crippen LogP contribution in [0.25, 0.3) is 0 Å². The van der Waals surface area contributed by atoms with E-state index in [9.17, 15) is 4.79 Å². The van der Waals surface area contributed by atoms with Crippen molar-refractivity contribution in [2.45, 2.75) is 38.6 Å². The molecular weight excluding hydrogens is 288 g/mol. The Morgan fingerprint density at radius 3 is 2.61 bits per heavy atom. The third-order valence-corrected chi connectivity index (χ3v) is 5.84.